The number of hydrogen-bond acceptors (Lipinski definition) is 12. The molecule has 3 aromatic heterocycles. The van der Waals surface area contributed by atoms with Gasteiger partial charge in [-0.2, -0.15) is 15.2 Å². The second-order valence-corrected chi connectivity index (χ2v) is 11.5. The molecular formula is C29H34N8O3S. The minimum Gasteiger partial charge on any atom is -0.476 e. The number of nitrogen functional groups attached to an aromatic ring is 1. The Balaban J connectivity index is 1.52. The summed E-state index contributed by atoms with van der Waals surface area (Å²) in [6, 6.07) is 4.09. The number of hydrogen-bond donors (Lipinski definition) is 2. The van der Waals surface area contributed by atoms with Crippen molar-refractivity contribution in [2.45, 2.75) is 63.8 Å². The number of nitrogens with two attached hydrogens (primary N) is 2. The topological polar surface area (TPSA) is 166 Å². The predicted molar refractivity (Wildman–Crippen MR) is 155 cm³/mol. The van der Waals surface area contributed by atoms with E-state index in [0.29, 0.717) is 53.6 Å². The first-order valence-corrected chi connectivity index (χ1v) is 14.7. The van der Waals surface area contributed by atoms with E-state index < -0.39 is 5.92 Å². The van der Waals surface area contributed by atoms with Crippen molar-refractivity contribution in [3.63, 3.8) is 0 Å². The third kappa shape index (κ3) is 6.16. The molecule has 1 saturated heterocycles. The van der Waals surface area contributed by atoms with Gasteiger partial charge in [-0.3, -0.25) is 4.79 Å². The van der Waals surface area contributed by atoms with Crippen molar-refractivity contribution in [2.24, 2.45) is 5.73 Å². The molecule has 3 aromatic rings. The van der Waals surface area contributed by atoms with E-state index in [1.54, 1.807) is 6.07 Å². The monoisotopic (exact) mass is 574 g/mol. The molecule has 12 heteroatoms. The summed E-state index contributed by atoms with van der Waals surface area (Å²) in [7, 11) is 2.08. The smallest absolute Gasteiger partial charge is 0.226 e. The number of carbonyl (C=O) groups excluding carboxylic acids is 1. The number of aromatic nitrogens is 4. The molecule has 1 aliphatic heterocycles. The van der Waals surface area contributed by atoms with Crippen LogP contribution in [-0.2, 0) is 11.2 Å². The number of allylic oxidation sites excluding steroid dienone is 1. The Labute approximate surface area is 243 Å². The van der Waals surface area contributed by atoms with E-state index in [0.717, 1.165) is 42.7 Å². The van der Waals surface area contributed by atoms with Gasteiger partial charge in [-0.05, 0) is 57.7 Å². The van der Waals surface area contributed by atoms with Crippen molar-refractivity contribution in [3.05, 3.63) is 52.2 Å². The van der Waals surface area contributed by atoms with Crippen molar-refractivity contribution in [3.8, 4) is 23.6 Å². The molecule has 0 amide bonds. The summed E-state index contributed by atoms with van der Waals surface area (Å²) in [4.78, 5) is 34.5. The molecule has 0 aromatic carbocycles. The number of fused-ring (bicyclic) bond motifs is 1. The van der Waals surface area contributed by atoms with Gasteiger partial charge in [0, 0.05) is 22.4 Å². The van der Waals surface area contributed by atoms with Crippen molar-refractivity contribution in [1.82, 2.24) is 24.8 Å². The lowest BCUT2D eigenvalue weighted by Crippen LogP contribution is -2.30. The maximum atomic E-state index is 14.1. The van der Waals surface area contributed by atoms with Crippen LogP contribution in [0.3, 0.4) is 0 Å². The number of ketones is 1. The van der Waals surface area contributed by atoms with Gasteiger partial charge in [0.25, 0.3) is 0 Å². The van der Waals surface area contributed by atoms with E-state index in [-0.39, 0.29) is 29.2 Å². The Morgan fingerprint density at radius 3 is 2.71 bits per heavy atom. The first kappa shape index (κ1) is 28.4. The summed E-state index contributed by atoms with van der Waals surface area (Å²) in [6.07, 6.45) is 9.99. The number of ether oxygens (including phenoxy) is 2. The van der Waals surface area contributed by atoms with Crippen molar-refractivity contribution in [1.29, 1.82) is 5.26 Å². The summed E-state index contributed by atoms with van der Waals surface area (Å²) in [5.74, 6) is 0.415. The second kappa shape index (κ2) is 12.6. The quantitative estimate of drug-likeness (QED) is 0.333. The predicted octanol–water partition coefficient (Wildman–Crippen LogP) is 4.21. The molecule has 4 heterocycles. The molecule has 1 fully saturated rings. The summed E-state index contributed by atoms with van der Waals surface area (Å²) in [5.41, 5.74) is 14.6. The summed E-state index contributed by atoms with van der Waals surface area (Å²) in [5, 5.41) is 10.2. The summed E-state index contributed by atoms with van der Waals surface area (Å²) in [6.45, 7) is 3.46. The second-order valence-electron chi connectivity index (χ2n) is 10.4. The molecule has 1 aliphatic carbocycles. The molecule has 214 valence electrons. The average molecular weight is 575 g/mol. The number of aryl methyl sites for hydroxylation is 1. The lowest BCUT2D eigenvalue weighted by atomic mass is 9.79. The Morgan fingerprint density at radius 2 is 2.00 bits per heavy atom. The largest absolute Gasteiger partial charge is 0.476 e. The Bertz CT molecular complexity index is 1480. The third-order valence-electron chi connectivity index (χ3n) is 7.62. The van der Waals surface area contributed by atoms with Crippen LogP contribution in [0.5, 0.6) is 17.5 Å². The number of nitriles is 1. The molecule has 2 aliphatic rings. The van der Waals surface area contributed by atoms with E-state index in [9.17, 15) is 10.1 Å². The lowest BCUT2D eigenvalue weighted by Gasteiger charge is -2.24. The number of carbonyl (C=O) groups is 1. The number of anilines is 1. The zero-order chi connectivity index (χ0) is 28.9. The van der Waals surface area contributed by atoms with Crippen LogP contribution in [0, 0.1) is 11.3 Å². The Kier molecular flexibility index (Phi) is 8.75. The number of rotatable bonds is 10. The van der Waals surface area contributed by atoms with Gasteiger partial charge >= 0.3 is 0 Å². The summed E-state index contributed by atoms with van der Waals surface area (Å²) >= 11 is 1.40. The first-order chi connectivity index (χ1) is 19.9. The van der Waals surface area contributed by atoms with Gasteiger partial charge in [-0.1, -0.05) is 13.3 Å². The number of likely N-dealkylation sites (N-methyl/N-ethyl adjacent to an activating group) is 1. The molecule has 2 atom stereocenters. The molecule has 11 nitrogen and oxygen atoms in total. The molecule has 0 radical (unpaired) electrons. The highest BCUT2D eigenvalue weighted by molar-refractivity contribution is 7.16. The Morgan fingerprint density at radius 1 is 1.22 bits per heavy atom. The fourth-order valence-electron chi connectivity index (χ4n) is 5.52. The maximum Gasteiger partial charge on any atom is 0.226 e. The normalized spacial score (nSPS) is 19.2. The molecule has 0 bridgehead atoms. The Hall–Kier alpha value is -4.08. The highest BCUT2D eigenvalue weighted by atomic mass is 32.1. The van der Waals surface area contributed by atoms with Gasteiger partial charge < -0.3 is 25.8 Å². The van der Waals surface area contributed by atoms with Crippen LogP contribution < -0.4 is 20.9 Å². The van der Waals surface area contributed by atoms with E-state index in [1.807, 2.05) is 6.92 Å². The number of Topliss-reactive ketones (excluding diaryl/α,β-unsaturated/α-hetero) is 1. The number of nitrogens with zero attached hydrogens (tertiary/aromatic N) is 6. The minimum atomic E-state index is -0.489. The van der Waals surface area contributed by atoms with Crippen LogP contribution in [-0.4, -0.2) is 56.9 Å². The number of likely N-dealkylation sites (tertiary alicyclic amines) is 1. The van der Waals surface area contributed by atoms with Crippen LogP contribution in [0.25, 0.3) is 5.70 Å². The van der Waals surface area contributed by atoms with Gasteiger partial charge in [0.1, 0.15) is 24.0 Å². The standard InChI is InChI=1S/C29H34N8O3S/c1-3-6-20(27(38)19-8-4-9-22-25(19)21(12-30)28(32)41-22)26(31)29-35-23(39-15-17-7-5-10-37(17)2)11-24(36-29)40-18-13-33-16-34-14-18/h11,13-14,16-17,19H,3-10,15,31-32H2,1-2H3/b26-20-/t17-,19-/m0/s1. The van der Waals surface area contributed by atoms with E-state index in [2.05, 4.69) is 38.0 Å². The van der Waals surface area contributed by atoms with Gasteiger partial charge in [0.15, 0.2) is 17.4 Å². The zero-order valence-corrected chi connectivity index (χ0v) is 24.1. The maximum absolute atomic E-state index is 14.1. The highest BCUT2D eigenvalue weighted by Gasteiger charge is 2.34. The van der Waals surface area contributed by atoms with Crippen molar-refractivity contribution in [2.75, 3.05) is 25.9 Å². The molecule has 0 saturated carbocycles. The molecule has 0 unspecified atom stereocenters. The van der Waals surface area contributed by atoms with Crippen molar-refractivity contribution < 1.29 is 14.3 Å². The fourth-order valence-corrected chi connectivity index (χ4v) is 6.64. The third-order valence-corrected chi connectivity index (χ3v) is 8.71. The van der Waals surface area contributed by atoms with Gasteiger partial charge in [0.2, 0.25) is 11.8 Å². The summed E-state index contributed by atoms with van der Waals surface area (Å²) < 4.78 is 12.0. The molecular weight excluding hydrogens is 540 g/mol. The van der Waals surface area contributed by atoms with Gasteiger partial charge in [-0.25, -0.2) is 9.97 Å². The van der Waals surface area contributed by atoms with E-state index in [1.165, 1.54) is 30.1 Å². The minimum absolute atomic E-state index is 0.124. The first-order valence-electron chi connectivity index (χ1n) is 13.9. The molecule has 4 N–H and O–H groups in total. The highest BCUT2D eigenvalue weighted by Crippen LogP contribution is 2.44. The van der Waals surface area contributed by atoms with E-state index >= 15 is 0 Å². The van der Waals surface area contributed by atoms with Crippen molar-refractivity contribution >= 4 is 27.8 Å². The van der Waals surface area contributed by atoms with Crippen LogP contribution >= 0.6 is 11.3 Å². The van der Waals surface area contributed by atoms with Crippen LogP contribution in [0.4, 0.5) is 5.00 Å². The fraction of sp³-hybridized carbons (Fsp3) is 0.448. The van der Waals surface area contributed by atoms with Crippen LogP contribution in [0.1, 0.15) is 73.2 Å². The SMILES string of the molecule is CCC/C(C(=O)[C@H]1CCCc2sc(N)c(C#N)c21)=C(/N)c1nc(OC[C@@H]2CCCN2C)cc(Oc2cncnc2)n1. The number of thiophene rings is 1. The molecule has 41 heavy (non-hydrogen) atoms. The van der Waals surface area contributed by atoms with Crippen LogP contribution in [0.2, 0.25) is 0 Å². The van der Waals surface area contributed by atoms with E-state index in [4.69, 9.17) is 20.9 Å². The molecule has 5 rings (SSSR count). The van der Waals surface area contributed by atoms with Gasteiger partial charge in [-0.15, -0.1) is 11.3 Å². The van der Waals surface area contributed by atoms with Gasteiger partial charge in [0.05, 0.1) is 29.7 Å². The zero-order valence-electron chi connectivity index (χ0n) is 23.3. The lowest BCUT2D eigenvalue weighted by molar-refractivity contribution is -0.117. The molecule has 0 spiro atoms. The van der Waals surface area contributed by atoms with Crippen LogP contribution in [0.15, 0.2) is 30.4 Å². The average Bonchev–Trinajstić information content (AvgIpc) is 3.55.